The number of piperazine rings is 1. The SMILES string of the molecule is Cc1ccc(CC2CN(CCN3C[C@@H](C)O[C@@H](C)C3)CCN2C(=O)c2cc(C(F)(F)F)cc(C(F)(F)F)c2)cc1O. The Morgan fingerprint density at radius 2 is 1.46 bits per heavy atom. The summed E-state index contributed by atoms with van der Waals surface area (Å²) in [5, 5.41) is 10.2. The number of phenols is 1. The number of phenolic OH excluding ortho intramolecular Hbond substituents is 1. The maximum atomic E-state index is 13.6. The Balaban J connectivity index is 1.58. The number of aryl methyl sites for hydroxylation is 1. The number of alkyl halides is 6. The highest BCUT2D eigenvalue weighted by Gasteiger charge is 2.39. The second-order valence-electron chi connectivity index (χ2n) is 11.1. The lowest BCUT2D eigenvalue weighted by molar-refractivity contribution is -0.143. The van der Waals surface area contributed by atoms with Crippen LogP contribution in [-0.2, 0) is 23.5 Å². The molecular weight excluding hydrogens is 552 g/mol. The van der Waals surface area contributed by atoms with E-state index >= 15 is 0 Å². The largest absolute Gasteiger partial charge is 0.508 e. The van der Waals surface area contributed by atoms with Crippen molar-refractivity contribution in [3.63, 3.8) is 0 Å². The maximum absolute atomic E-state index is 13.6. The number of morpholine rings is 1. The first kappa shape index (κ1) is 31.1. The quantitative estimate of drug-likeness (QED) is 0.470. The first-order valence-corrected chi connectivity index (χ1v) is 13.6. The molecule has 0 aromatic heterocycles. The number of carbonyl (C=O) groups excluding carboxylic acids is 1. The second-order valence-corrected chi connectivity index (χ2v) is 11.1. The van der Waals surface area contributed by atoms with Crippen molar-refractivity contribution in [1.29, 1.82) is 0 Å². The summed E-state index contributed by atoms with van der Waals surface area (Å²) >= 11 is 0. The van der Waals surface area contributed by atoms with Gasteiger partial charge in [-0.3, -0.25) is 14.6 Å². The van der Waals surface area contributed by atoms with E-state index in [-0.39, 0.29) is 37.0 Å². The van der Waals surface area contributed by atoms with Crippen LogP contribution >= 0.6 is 0 Å². The third-order valence-electron chi connectivity index (χ3n) is 7.63. The molecule has 226 valence electrons. The average Bonchev–Trinajstić information content (AvgIpc) is 2.87. The Bertz CT molecular complexity index is 1190. The van der Waals surface area contributed by atoms with Crippen molar-refractivity contribution < 1.29 is 41.0 Å². The molecule has 0 aliphatic carbocycles. The van der Waals surface area contributed by atoms with Gasteiger partial charge >= 0.3 is 12.4 Å². The molecule has 4 rings (SSSR count). The summed E-state index contributed by atoms with van der Waals surface area (Å²) < 4.78 is 86.7. The summed E-state index contributed by atoms with van der Waals surface area (Å²) in [7, 11) is 0. The number of carbonyl (C=O) groups is 1. The lowest BCUT2D eigenvalue weighted by Crippen LogP contribution is -2.57. The number of amides is 1. The average molecular weight is 588 g/mol. The van der Waals surface area contributed by atoms with Crippen LogP contribution in [0, 0.1) is 6.92 Å². The highest BCUT2D eigenvalue weighted by Crippen LogP contribution is 2.37. The Kier molecular flexibility index (Phi) is 9.25. The minimum atomic E-state index is -5.05. The molecule has 1 unspecified atom stereocenters. The predicted molar refractivity (Wildman–Crippen MR) is 141 cm³/mol. The summed E-state index contributed by atoms with van der Waals surface area (Å²) in [6, 6.07) is 5.54. The Hall–Kier alpha value is -2.83. The third-order valence-corrected chi connectivity index (χ3v) is 7.63. The van der Waals surface area contributed by atoms with Gasteiger partial charge in [-0.1, -0.05) is 12.1 Å². The summed E-state index contributed by atoms with van der Waals surface area (Å²) in [4.78, 5) is 19.4. The minimum absolute atomic E-state index is 0.0225. The monoisotopic (exact) mass is 587 g/mol. The van der Waals surface area contributed by atoms with Crippen LogP contribution in [0.2, 0.25) is 0 Å². The van der Waals surface area contributed by atoms with E-state index in [0.29, 0.717) is 42.9 Å². The zero-order chi connectivity index (χ0) is 30.1. The molecule has 2 aliphatic rings. The van der Waals surface area contributed by atoms with Crippen molar-refractivity contribution >= 4 is 5.91 Å². The summed E-state index contributed by atoms with van der Waals surface area (Å²) in [5.41, 5.74) is -2.35. The Labute approximate surface area is 235 Å². The highest BCUT2D eigenvalue weighted by molar-refractivity contribution is 5.95. The highest BCUT2D eigenvalue weighted by atomic mass is 19.4. The van der Waals surface area contributed by atoms with Gasteiger partial charge in [-0.15, -0.1) is 0 Å². The molecule has 2 aromatic rings. The van der Waals surface area contributed by atoms with Crippen LogP contribution in [0.3, 0.4) is 0 Å². The van der Waals surface area contributed by atoms with E-state index in [1.165, 1.54) is 4.90 Å². The standard InChI is InChI=1S/C29H35F6N3O3/c1-18-4-5-21(11-26(18)39)10-25-17-36(6-7-37-15-19(2)41-20(3)16-37)8-9-38(25)27(40)22-12-23(28(30,31)32)14-24(13-22)29(33,34)35/h4-5,11-14,19-20,25,39H,6-10,15-17H2,1-3H3/t19-,20+,25?. The summed E-state index contributed by atoms with van der Waals surface area (Å²) in [6.45, 7) is 9.69. The molecule has 0 saturated carbocycles. The van der Waals surface area contributed by atoms with Gasteiger partial charge in [0.25, 0.3) is 5.91 Å². The van der Waals surface area contributed by atoms with E-state index in [2.05, 4.69) is 9.80 Å². The molecule has 2 heterocycles. The number of halogens is 6. The minimum Gasteiger partial charge on any atom is -0.508 e. The lowest BCUT2D eigenvalue weighted by Gasteiger charge is -2.43. The fourth-order valence-electron chi connectivity index (χ4n) is 5.61. The topological polar surface area (TPSA) is 56.2 Å². The van der Waals surface area contributed by atoms with Crippen molar-refractivity contribution in [1.82, 2.24) is 14.7 Å². The van der Waals surface area contributed by atoms with Gasteiger partial charge in [0, 0.05) is 57.4 Å². The van der Waals surface area contributed by atoms with Gasteiger partial charge in [-0.2, -0.15) is 26.3 Å². The normalized spacial score (nSPS) is 23.1. The van der Waals surface area contributed by atoms with Crippen molar-refractivity contribution in [3.05, 3.63) is 64.2 Å². The second kappa shape index (κ2) is 12.2. The van der Waals surface area contributed by atoms with Crippen molar-refractivity contribution in [2.45, 2.75) is 57.8 Å². The smallest absolute Gasteiger partial charge is 0.416 e. The molecule has 2 saturated heterocycles. The van der Waals surface area contributed by atoms with Gasteiger partial charge < -0.3 is 14.7 Å². The first-order chi connectivity index (χ1) is 19.1. The zero-order valence-corrected chi connectivity index (χ0v) is 23.2. The predicted octanol–water partition coefficient (Wildman–Crippen LogP) is 5.22. The van der Waals surface area contributed by atoms with Crippen molar-refractivity contribution in [2.24, 2.45) is 0 Å². The number of ether oxygens (including phenoxy) is 1. The summed E-state index contributed by atoms with van der Waals surface area (Å²) in [6.07, 6.45) is -9.63. The molecule has 2 fully saturated rings. The van der Waals surface area contributed by atoms with E-state index in [1.807, 2.05) is 13.8 Å². The molecular formula is C29H35F6N3O3. The molecule has 0 radical (unpaired) electrons. The van der Waals surface area contributed by atoms with Crippen LogP contribution in [0.15, 0.2) is 36.4 Å². The summed E-state index contributed by atoms with van der Waals surface area (Å²) in [5.74, 6) is -0.824. The molecule has 41 heavy (non-hydrogen) atoms. The van der Waals surface area contributed by atoms with Crippen LogP contribution in [0.4, 0.5) is 26.3 Å². The number of benzene rings is 2. The van der Waals surface area contributed by atoms with E-state index in [0.717, 1.165) is 19.6 Å². The molecule has 0 bridgehead atoms. The molecule has 1 amide bonds. The fraction of sp³-hybridized carbons (Fsp3) is 0.552. The maximum Gasteiger partial charge on any atom is 0.416 e. The molecule has 2 aromatic carbocycles. The zero-order valence-electron chi connectivity index (χ0n) is 23.2. The van der Waals surface area contributed by atoms with Gasteiger partial charge in [0.05, 0.1) is 23.3 Å². The Morgan fingerprint density at radius 1 is 0.878 bits per heavy atom. The van der Waals surface area contributed by atoms with Crippen LogP contribution in [0.25, 0.3) is 0 Å². The molecule has 2 aliphatic heterocycles. The number of nitrogens with zero attached hydrogens (tertiary/aromatic N) is 3. The third kappa shape index (κ3) is 7.92. The van der Waals surface area contributed by atoms with E-state index < -0.39 is 41.0 Å². The molecule has 1 N–H and O–H groups in total. The number of aromatic hydroxyl groups is 1. The van der Waals surface area contributed by atoms with Gasteiger partial charge in [-0.25, -0.2) is 0 Å². The van der Waals surface area contributed by atoms with E-state index in [1.54, 1.807) is 25.1 Å². The number of hydrogen-bond donors (Lipinski definition) is 1. The molecule has 6 nitrogen and oxygen atoms in total. The fourth-order valence-corrected chi connectivity index (χ4v) is 5.61. The van der Waals surface area contributed by atoms with E-state index in [4.69, 9.17) is 4.74 Å². The van der Waals surface area contributed by atoms with Crippen molar-refractivity contribution in [2.75, 3.05) is 45.8 Å². The van der Waals surface area contributed by atoms with Crippen LogP contribution in [-0.4, -0.2) is 89.8 Å². The molecule has 12 heteroatoms. The van der Waals surface area contributed by atoms with Gasteiger partial charge in [-0.05, 0) is 62.6 Å². The van der Waals surface area contributed by atoms with Crippen LogP contribution < -0.4 is 0 Å². The molecule has 3 atom stereocenters. The van der Waals surface area contributed by atoms with Gasteiger partial charge in [0.2, 0.25) is 0 Å². The van der Waals surface area contributed by atoms with Gasteiger partial charge in [0.15, 0.2) is 0 Å². The lowest BCUT2D eigenvalue weighted by atomic mass is 9.98. The van der Waals surface area contributed by atoms with Crippen molar-refractivity contribution in [3.8, 4) is 5.75 Å². The van der Waals surface area contributed by atoms with Gasteiger partial charge in [0.1, 0.15) is 5.75 Å². The first-order valence-electron chi connectivity index (χ1n) is 13.6. The van der Waals surface area contributed by atoms with E-state index in [9.17, 15) is 36.2 Å². The number of rotatable bonds is 6. The molecule has 0 spiro atoms. The van der Waals surface area contributed by atoms with Crippen LogP contribution in [0.1, 0.15) is 46.5 Å². The van der Waals surface area contributed by atoms with Crippen LogP contribution in [0.5, 0.6) is 5.75 Å². The Morgan fingerprint density at radius 3 is 2.02 bits per heavy atom. The number of hydrogen-bond acceptors (Lipinski definition) is 5.